The summed E-state index contributed by atoms with van der Waals surface area (Å²) in [5.41, 5.74) is 2.48. The largest absolute Gasteiger partial charge is 0.492 e. The molecule has 0 radical (unpaired) electrons. The number of rotatable bonds is 11. The number of aromatic amines is 1. The summed E-state index contributed by atoms with van der Waals surface area (Å²) < 4.78 is 44.3. The normalized spacial score (nSPS) is 12.6. The Labute approximate surface area is 190 Å². The zero-order valence-corrected chi connectivity index (χ0v) is 19.0. The van der Waals surface area contributed by atoms with Crippen LogP contribution in [-0.4, -0.2) is 55.5 Å². The van der Waals surface area contributed by atoms with Crippen molar-refractivity contribution in [3.8, 4) is 5.75 Å². The van der Waals surface area contributed by atoms with Gasteiger partial charge >= 0.3 is 5.97 Å². The van der Waals surface area contributed by atoms with Gasteiger partial charge in [0, 0.05) is 35.8 Å². The summed E-state index contributed by atoms with van der Waals surface area (Å²) in [6.07, 6.45) is -0.115. The van der Waals surface area contributed by atoms with Crippen LogP contribution in [0.15, 0.2) is 36.4 Å². The van der Waals surface area contributed by atoms with E-state index in [1.165, 1.54) is 12.1 Å². The van der Waals surface area contributed by atoms with E-state index >= 15 is 0 Å². The van der Waals surface area contributed by atoms with Crippen molar-refractivity contribution < 1.29 is 32.6 Å². The van der Waals surface area contributed by atoms with Gasteiger partial charge in [-0.2, -0.15) is 0 Å². The minimum Gasteiger partial charge on any atom is -0.492 e. The lowest BCUT2D eigenvalue weighted by atomic mass is 10.1. The van der Waals surface area contributed by atoms with Gasteiger partial charge in [-0.1, -0.05) is 6.07 Å². The molecule has 0 saturated heterocycles. The van der Waals surface area contributed by atoms with Gasteiger partial charge in [0.15, 0.2) is 0 Å². The first-order chi connectivity index (χ1) is 15.5. The number of fused-ring (bicyclic) bond motifs is 1. The van der Waals surface area contributed by atoms with E-state index in [2.05, 4.69) is 15.0 Å². The molecular weight excluding hydrogens is 453 g/mol. The molecule has 1 atom stereocenters. The fraction of sp³-hybridized carbons (Fsp3) is 0.318. The molecule has 0 saturated carbocycles. The molecule has 0 aliphatic heterocycles. The molecule has 178 valence electrons. The van der Waals surface area contributed by atoms with Gasteiger partial charge in [-0.05, 0) is 42.3 Å². The minimum absolute atomic E-state index is 0.0574. The topological polar surface area (TPSA) is 141 Å². The summed E-state index contributed by atoms with van der Waals surface area (Å²) in [4.78, 5) is 14.2. The molecule has 3 rings (SSSR count). The van der Waals surface area contributed by atoms with Gasteiger partial charge in [0.1, 0.15) is 18.2 Å². The number of anilines is 1. The van der Waals surface area contributed by atoms with Gasteiger partial charge in [0.25, 0.3) is 0 Å². The number of carboxylic acid groups (broad SMARTS) is 1. The number of sulfonamides is 1. The molecule has 3 aromatic rings. The number of H-pyrrole nitrogens is 1. The van der Waals surface area contributed by atoms with Crippen LogP contribution in [0.4, 0.5) is 10.1 Å². The number of halogens is 1. The molecule has 0 aliphatic carbocycles. The molecule has 0 spiro atoms. The second-order valence-electron chi connectivity index (χ2n) is 7.69. The number of benzene rings is 2. The highest BCUT2D eigenvalue weighted by molar-refractivity contribution is 7.92. The fourth-order valence-electron chi connectivity index (χ4n) is 3.46. The molecule has 0 amide bonds. The van der Waals surface area contributed by atoms with Crippen molar-refractivity contribution in [2.45, 2.75) is 19.4 Å². The van der Waals surface area contributed by atoms with Crippen LogP contribution in [0.25, 0.3) is 10.9 Å². The van der Waals surface area contributed by atoms with Gasteiger partial charge in [-0.15, -0.1) is 0 Å². The zero-order valence-electron chi connectivity index (χ0n) is 18.2. The first kappa shape index (κ1) is 24.5. The summed E-state index contributed by atoms with van der Waals surface area (Å²) in [6, 6.07) is 9.13. The van der Waals surface area contributed by atoms with E-state index in [0.29, 0.717) is 24.5 Å². The standard InChI is InChI=1S/C22H26FN3O6S/c1-13-17(11-22(28)29)16-5-4-15(10-19(16)25-13)32-8-7-24-12-21(27)14-3-6-18(23)20(9-14)26-33(2,30)31/h3-6,9-10,21,24-27H,7-8,11-12H2,1-2H3,(H,28,29)/t21-/m0/s1. The Morgan fingerprint density at radius 3 is 2.70 bits per heavy atom. The number of aliphatic hydroxyl groups excluding tert-OH is 1. The Morgan fingerprint density at radius 2 is 2.00 bits per heavy atom. The monoisotopic (exact) mass is 479 g/mol. The van der Waals surface area contributed by atoms with Crippen LogP contribution in [0, 0.1) is 12.7 Å². The van der Waals surface area contributed by atoms with Crippen LogP contribution in [0.1, 0.15) is 22.9 Å². The van der Waals surface area contributed by atoms with E-state index in [1.807, 2.05) is 13.0 Å². The third-order valence-electron chi connectivity index (χ3n) is 4.97. The molecule has 33 heavy (non-hydrogen) atoms. The van der Waals surface area contributed by atoms with Crippen LogP contribution < -0.4 is 14.8 Å². The van der Waals surface area contributed by atoms with Crippen LogP contribution >= 0.6 is 0 Å². The Hall–Kier alpha value is -3.15. The highest BCUT2D eigenvalue weighted by Gasteiger charge is 2.14. The van der Waals surface area contributed by atoms with Gasteiger partial charge in [-0.25, -0.2) is 12.8 Å². The Balaban J connectivity index is 1.51. The van der Waals surface area contributed by atoms with Gasteiger partial charge in [0.05, 0.1) is 24.5 Å². The number of aromatic nitrogens is 1. The summed E-state index contributed by atoms with van der Waals surface area (Å²) >= 11 is 0. The number of aliphatic carboxylic acids is 1. The third kappa shape index (κ3) is 6.67. The molecular formula is C22H26FN3O6S. The predicted molar refractivity (Wildman–Crippen MR) is 123 cm³/mol. The molecule has 11 heteroatoms. The molecule has 5 N–H and O–H groups in total. The van der Waals surface area contributed by atoms with Crippen molar-refractivity contribution in [3.05, 3.63) is 59.0 Å². The number of ether oxygens (including phenoxy) is 1. The highest BCUT2D eigenvalue weighted by atomic mass is 32.2. The van der Waals surface area contributed by atoms with Gasteiger partial charge in [-0.3, -0.25) is 9.52 Å². The fourth-order valence-corrected chi connectivity index (χ4v) is 4.02. The number of aliphatic hydroxyl groups is 1. The van der Waals surface area contributed by atoms with Crippen LogP contribution in [0.2, 0.25) is 0 Å². The number of hydrogen-bond acceptors (Lipinski definition) is 6. The zero-order chi connectivity index (χ0) is 24.2. The number of carboxylic acids is 1. The summed E-state index contributed by atoms with van der Waals surface area (Å²) in [7, 11) is -3.65. The van der Waals surface area contributed by atoms with Crippen molar-refractivity contribution in [3.63, 3.8) is 0 Å². The SMILES string of the molecule is Cc1[nH]c2cc(OCCNC[C@H](O)c3ccc(F)c(NS(C)(=O)=O)c3)ccc2c1CC(=O)O. The molecule has 1 aromatic heterocycles. The lowest BCUT2D eigenvalue weighted by molar-refractivity contribution is -0.136. The van der Waals surface area contributed by atoms with Crippen molar-refractivity contribution in [1.82, 2.24) is 10.3 Å². The van der Waals surface area contributed by atoms with E-state index in [9.17, 15) is 22.7 Å². The first-order valence-corrected chi connectivity index (χ1v) is 12.0. The van der Waals surface area contributed by atoms with Crippen LogP contribution in [0.5, 0.6) is 5.75 Å². The molecule has 2 aromatic carbocycles. The molecule has 0 aliphatic rings. The van der Waals surface area contributed by atoms with E-state index < -0.39 is 27.9 Å². The third-order valence-corrected chi connectivity index (χ3v) is 5.57. The second-order valence-corrected chi connectivity index (χ2v) is 9.44. The molecule has 9 nitrogen and oxygen atoms in total. The smallest absolute Gasteiger partial charge is 0.307 e. The van der Waals surface area contributed by atoms with Crippen molar-refractivity contribution in [2.24, 2.45) is 0 Å². The number of hydrogen-bond donors (Lipinski definition) is 5. The maximum Gasteiger partial charge on any atom is 0.307 e. The lowest BCUT2D eigenvalue weighted by Gasteiger charge is -2.14. The maximum absolute atomic E-state index is 13.8. The Bertz CT molecular complexity index is 1260. The van der Waals surface area contributed by atoms with Crippen molar-refractivity contribution in [2.75, 3.05) is 30.7 Å². The molecule has 0 fully saturated rings. The highest BCUT2D eigenvalue weighted by Crippen LogP contribution is 2.26. The van der Waals surface area contributed by atoms with Crippen molar-refractivity contribution >= 4 is 32.6 Å². The van der Waals surface area contributed by atoms with Crippen LogP contribution in [0.3, 0.4) is 0 Å². The van der Waals surface area contributed by atoms with E-state index in [1.54, 1.807) is 12.1 Å². The lowest BCUT2D eigenvalue weighted by Crippen LogP contribution is -2.26. The second kappa shape index (κ2) is 10.2. The molecule has 0 unspecified atom stereocenters. The number of nitrogens with one attached hydrogen (secondary N) is 3. The average molecular weight is 480 g/mol. The number of aryl methyl sites for hydroxylation is 1. The summed E-state index contributed by atoms with van der Waals surface area (Å²) in [5, 5.41) is 23.2. The quantitative estimate of drug-likeness (QED) is 0.266. The minimum atomic E-state index is -3.65. The molecule has 1 heterocycles. The van der Waals surface area contributed by atoms with Gasteiger partial charge in [0.2, 0.25) is 10.0 Å². The van der Waals surface area contributed by atoms with E-state index in [-0.39, 0.29) is 18.7 Å². The van der Waals surface area contributed by atoms with E-state index in [4.69, 9.17) is 9.84 Å². The summed E-state index contributed by atoms with van der Waals surface area (Å²) in [6.45, 7) is 2.71. The van der Waals surface area contributed by atoms with Gasteiger partial charge < -0.3 is 25.3 Å². The summed E-state index contributed by atoms with van der Waals surface area (Å²) in [5.74, 6) is -1.01. The Morgan fingerprint density at radius 1 is 1.24 bits per heavy atom. The number of carbonyl (C=O) groups is 1. The van der Waals surface area contributed by atoms with Crippen LogP contribution in [-0.2, 0) is 21.2 Å². The average Bonchev–Trinajstić information content (AvgIpc) is 3.02. The van der Waals surface area contributed by atoms with E-state index in [0.717, 1.165) is 34.5 Å². The van der Waals surface area contributed by atoms with Crippen molar-refractivity contribution in [1.29, 1.82) is 0 Å². The maximum atomic E-state index is 13.8. The molecule has 0 bridgehead atoms. The first-order valence-electron chi connectivity index (χ1n) is 10.2. The predicted octanol–water partition coefficient (Wildman–Crippen LogP) is 2.32. The Kier molecular flexibility index (Phi) is 7.57.